The van der Waals surface area contributed by atoms with E-state index >= 15 is 0 Å². The Hall–Kier alpha value is -0.200. The number of rotatable bonds is 5. The Labute approximate surface area is 96.7 Å². The number of hydrogen-bond acceptors (Lipinski definition) is 6. The molecule has 15 heavy (non-hydrogen) atoms. The summed E-state index contributed by atoms with van der Waals surface area (Å²) in [7, 11) is 3.00. The SMILES string of the molecule is COP(=S)(OC)SCn1ncccc1=O. The molecule has 5 nitrogen and oxygen atoms in total. The van der Waals surface area contributed by atoms with Gasteiger partial charge in [-0.1, -0.05) is 0 Å². The molecule has 0 fully saturated rings. The lowest BCUT2D eigenvalue weighted by Gasteiger charge is -2.16. The van der Waals surface area contributed by atoms with E-state index in [1.165, 1.54) is 36.3 Å². The van der Waals surface area contributed by atoms with Crippen LogP contribution in [0.3, 0.4) is 0 Å². The van der Waals surface area contributed by atoms with Crippen molar-refractivity contribution in [2.75, 3.05) is 14.2 Å². The Bertz CT molecular complexity index is 415. The van der Waals surface area contributed by atoms with Gasteiger partial charge in [0.1, 0.15) is 0 Å². The van der Waals surface area contributed by atoms with E-state index in [2.05, 4.69) is 5.10 Å². The van der Waals surface area contributed by atoms with E-state index in [-0.39, 0.29) is 5.56 Å². The molecule has 0 aliphatic heterocycles. The highest BCUT2D eigenvalue weighted by atomic mass is 32.9. The fraction of sp³-hybridized carbons (Fsp3) is 0.429. The minimum absolute atomic E-state index is 0.168. The van der Waals surface area contributed by atoms with Gasteiger partial charge in [-0.05, 0) is 29.3 Å². The topological polar surface area (TPSA) is 53.4 Å². The monoisotopic (exact) mass is 266 g/mol. The molecule has 0 unspecified atom stereocenters. The summed E-state index contributed by atoms with van der Waals surface area (Å²) in [5.41, 5.74) is -2.48. The number of nitrogens with zero attached hydrogens (tertiary/aromatic N) is 2. The molecule has 0 atom stereocenters. The molecular weight excluding hydrogens is 255 g/mol. The quantitative estimate of drug-likeness (QED) is 0.752. The van der Waals surface area contributed by atoms with Gasteiger partial charge in [-0.2, -0.15) is 5.10 Å². The molecule has 1 aromatic heterocycles. The highest BCUT2D eigenvalue weighted by Gasteiger charge is 2.16. The van der Waals surface area contributed by atoms with Gasteiger partial charge >= 0.3 is 0 Å². The van der Waals surface area contributed by atoms with Crippen LogP contribution >= 0.6 is 17.1 Å². The standard InChI is InChI=1S/C7H11N2O3PS2/c1-11-13(14,12-2)15-6-9-7(10)4-3-5-8-9/h3-5H,6H2,1-2H3. The molecule has 0 aliphatic rings. The summed E-state index contributed by atoms with van der Waals surface area (Å²) in [6, 6.07) is 3.03. The van der Waals surface area contributed by atoms with Gasteiger partial charge in [0.2, 0.25) is 5.69 Å². The summed E-state index contributed by atoms with van der Waals surface area (Å²) < 4.78 is 11.5. The third-order valence-corrected chi connectivity index (χ3v) is 7.17. The molecule has 0 aliphatic carbocycles. The summed E-state index contributed by atoms with van der Waals surface area (Å²) >= 11 is 6.41. The van der Waals surface area contributed by atoms with E-state index in [0.717, 1.165) is 0 Å². The first-order chi connectivity index (χ1) is 7.11. The van der Waals surface area contributed by atoms with Crippen molar-refractivity contribution < 1.29 is 9.05 Å². The fourth-order valence-corrected chi connectivity index (χ4v) is 3.40. The molecule has 0 aromatic carbocycles. The highest BCUT2D eigenvalue weighted by Crippen LogP contribution is 2.60. The summed E-state index contributed by atoms with van der Waals surface area (Å²) in [4.78, 5) is 11.3. The lowest BCUT2D eigenvalue weighted by Crippen LogP contribution is -2.19. The Kier molecular flexibility index (Phi) is 4.95. The van der Waals surface area contributed by atoms with Crippen LogP contribution in [0.2, 0.25) is 0 Å². The molecular formula is C7H11N2O3PS2. The van der Waals surface area contributed by atoms with Crippen LogP contribution in [-0.4, -0.2) is 24.0 Å². The van der Waals surface area contributed by atoms with Crippen molar-refractivity contribution in [3.8, 4) is 0 Å². The molecule has 0 amide bonds. The summed E-state index contributed by atoms with van der Waals surface area (Å²) in [6.07, 6.45) is 1.55. The van der Waals surface area contributed by atoms with Gasteiger partial charge in [-0.15, -0.1) is 0 Å². The third-order valence-electron chi connectivity index (χ3n) is 1.57. The minimum Gasteiger partial charge on any atom is -0.325 e. The first kappa shape index (κ1) is 12.9. The van der Waals surface area contributed by atoms with Gasteiger partial charge in [0, 0.05) is 26.5 Å². The molecule has 0 saturated heterocycles. The van der Waals surface area contributed by atoms with Crippen molar-refractivity contribution in [3.63, 3.8) is 0 Å². The first-order valence-corrected chi connectivity index (χ1v) is 8.22. The zero-order valence-corrected chi connectivity index (χ0v) is 10.8. The van der Waals surface area contributed by atoms with Gasteiger partial charge in [-0.3, -0.25) is 4.79 Å². The molecule has 0 bridgehead atoms. The van der Waals surface area contributed by atoms with Crippen molar-refractivity contribution in [2.45, 2.75) is 5.88 Å². The second-order valence-corrected chi connectivity index (χ2v) is 8.93. The molecule has 0 spiro atoms. The highest BCUT2D eigenvalue weighted by molar-refractivity contribution is 8.67. The largest absolute Gasteiger partial charge is 0.325 e. The maximum absolute atomic E-state index is 11.3. The fourth-order valence-electron chi connectivity index (χ4n) is 0.790. The molecule has 0 radical (unpaired) electrons. The van der Waals surface area contributed by atoms with Crippen LogP contribution in [0.4, 0.5) is 0 Å². The molecule has 0 N–H and O–H groups in total. The van der Waals surface area contributed by atoms with Crippen LogP contribution in [0.25, 0.3) is 0 Å². The second-order valence-electron chi connectivity index (χ2n) is 2.43. The van der Waals surface area contributed by atoms with Gasteiger partial charge in [0.15, 0.2) is 0 Å². The Balaban J connectivity index is 2.69. The summed E-state index contributed by atoms with van der Waals surface area (Å²) in [5.74, 6) is 0.332. The van der Waals surface area contributed by atoms with Crippen molar-refractivity contribution in [1.29, 1.82) is 0 Å². The zero-order chi connectivity index (χ0) is 11.3. The average molecular weight is 266 g/mol. The summed E-state index contributed by atoms with van der Waals surface area (Å²) in [5, 5.41) is 3.89. The van der Waals surface area contributed by atoms with E-state index in [1.54, 1.807) is 12.3 Å². The van der Waals surface area contributed by atoms with Crippen molar-refractivity contribution in [1.82, 2.24) is 9.78 Å². The van der Waals surface area contributed by atoms with Gasteiger partial charge in [0.05, 0.1) is 5.88 Å². The zero-order valence-electron chi connectivity index (χ0n) is 8.32. The Morgan fingerprint density at radius 3 is 2.80 bits per heavy atom. The van der Waals surface area contributed by atoms with Crippen LogP contribution < -0.4 is 5.56 Å². The van der Waals surface area contributed by atoms with Gasteiger partial charge in [-0.25, -0.2) is 4.68 Å². The van der Waals surface area contributed by atoms with Crippen LogP contribution in [-0.2, 0) is 26.7 Å². The first-order valence-electron chi connectivity index (χ1n) is 3.99. The predicted octanol–water partition coefficient (Wildman–Crippen LogP) is 1.45. The number of aromatic nitrogens is 2. The van der Waals surface area contributed by atoms with Gasteiger partial charge < -0.3 is 9.05 Å². The minimum atomic E-state index is -2.32. The average Bonchev–Trinajstić information content (AvgIpc) is 2.28. The lowest BCUT2D eigenvalue weighted by atomic mass is 10.6. The van der Waals surface area contributed by atoms with Crippen LogP contribution in [0, 0.1) is 0 Å². The lowest BCUT2D eigenvalue weighted by molar-refractivity contribution is 0.353. The Morgan fingerprint density at radius 2 is 2.27 bits per heavy atom. The van der Waals surface area contributed by atoms with Crippen molar-refractivity contribution in [3.05, 3.63) is 28.7 Å². The smallest absolute Gasteiger partial charge is 0.267 e. The molecule has 1 aromatic rings. The van der Waals surface area contributed by atoms with E-state index in [1.807, 2.05) is 0 Å². The van der Waals surface area contributed by atoms with Crippen molar-refractivity contribution >= 4 is 28.9 Å². The molecule has 1 heterocycles. The third kappa shape index (κ3) is 3.70. The summed E-state index contributed by atoms with van der Waals surface area (Å²) in [6.45, 7) is 0. The second kappa shape index (κ2) is 5.77. The van der Waals surface area contributed by atoms with E-state index in [4.69, 9.17) is 20.9 Å². The van der Waals surface area contributed by atoms with E-state index < -0.39 is 5.69 Å². The maximum Gasteiger partial charge on any atom is 0.267 e. The normalized spacial score (nSPS) is 11.6. The molecule has 84 valence electrons. The molecule has 1 rings (SSSR count). The molecule has 8 heteroatoms. The van der Waals surface area contributed by atoms with Crippen LogP contribution in [0.5, 0.6) is 0 Å². The maximum atomic E-state index is 11.3. The number of hydrogen-bond donors (Lipinski definition) is 0. The van der Waals surface area contributed by atoms with Crippen LogP contribution in [0.1, 0.15) is 0 Å². The Morgan fingerprint density at radius 1 is 1.60 bits per heavy atom. The predicted molar refractivity (Wildman–Crippen MR) is 64.4 cm³/mol. The van der Waals surface area contributed by atoms with Crippen molar-refractivity contribution in [2.24, 2.45) is 0 Å². The van der Waals surface area contributed by atoms with E-state index in [0.29, 0.717) is 5.88 Å². The van der Waals surface area contributed by atoms with E-state index in [9.17, 15) is 4.79 Å². The van der Waals surface area contributed by atoms with Gasteiger partial charge in [0.25, 0.3) is 5.56 Å². The van der Waals surface area contributed by atoms with Crippen LogP contribution in [0.15, 0.2) is 23.1 Å². The molecule has 0 saturated carbocycles.